The van der Waals surface area contributed by atoms with Crippen LogP contribution in [0, 0.1) is 5.82 Å². The average molecular weight is 366 g/mol. The van der Waals surface area contributed by atoms with E-state index in [0.717, 1.165) is 0 Å². The molecule has 0 aliphatic rings. The molecule has 0 fully saturated rings. The van der Waals surface area contributed by atoms with Crippen LogP contribution in [0.1, 0.15) is 22.0 Å². The second kappa shape index (κ2) is 7.82. The zero-order valence-corrected chi connectivity index (χ0v) is 14.9. The highest BCUT2D eigenvalue weighted by Gasteiger charge is 2.26. The van der Waals surface area contributed by atoms with Crippen LogP contribution >= 0.6 is 0 Å². The zero-order valence-electron chi connectivity index (χ0n) is 14.9. The summed E-state index contributed by atoms with van der Waals surface area (Å²) in [5, 5.41) is 9.39. The first-order chi connectivity index (χ1) is 13.0. The lowest BCUT2D eigenvalue weighted by Gasteiger charge is -2.22. The number of hydrogen-bond acceptors (Lipinski definition) is 3. The number of carbonyl (C=O) groups excluding carboxylic acids is 2. The van der Waals surface area contributed by atoms with Gasteiger partial charge in [-0.2, -0.15) is 5.10 Å². The van der Waals surface area contributed by atoms with Crippen LogP contribution in [0.4, 0.5) is 4.39 Å². The Morgan fingerprint density at radius 3 is 2.52 bits per heavy atom. The van der Waals surface area contributed by atoms with Gasteiger partial charge in [0.25, 0.3) is 5.91 Å². The summed E-state index contributed by atoms with van der Waals surface area (Å²) < 4.78 is 13.5. The van der Waals surface area contributed by atoms with Gasteiger partial charge in [0.05, 0.1) is 17.5 Å². The van der Waals surface area contributed by atoms with Gasteiger partial charge in [-0.15, -0.1) is 0 Å². The maximum Gasteiger partial charge on any atom is 0.256 e. The van der Waals surface area contributed by atoms with Gasteiger partial charge in [0.15, 0.2) is 0 Å². The van der Waals surface area contributed by atoms with Gasteiger partial charge in [-0.05, 0) is 17.7 Å². The minimum atomic E-state index is -0.844. The molecule has 3 rings (SSSR count). The van der Waals surface area contributed by atoms with Gasteiger partial charge in [-0.25, -0.2) is 4.39 Å². The van der Waals surface area contributed by atoms with Crippen LogP contribution in [0.5, 0.6) is 0 Å². The molecule has 1 heterocycles. The summed E-state index contributed by atoms with van der Waals surface area (Å²) in [7, 11) is 3.25. The number of hydrogen-bond donors (Lipinski definition) is 2. The molecule has 2 aromatic carbocycles. The van der Waals surface area contributed by atoms with E-state index in [2.05, 4.69) is 15.5 Å². The summed E-state index contributed by atoms with van der Waals surface area (Å²) >= 11 is 0. The van der Waals surface area contributed by atoms with Gasteiger partial charge >= 0.3 is 0 Å². The highest BCUT2D eigenvalue weighted by atomic mass is 19.1. The van der Waals surface area contributed by atoms with Crippen LogP contribution < -0.4 is 5.32 Å². The van der Waals surface area contributed by atoms with Crippen LogP contribution in [0.3, 0.4) is 0 Å². The summed E-state index contributed by atoms with van der Waals surface area (Å²) in [5.41, 5.74) is 1.78. The molecular formula is C20H19FN4O2. The van der Waals surface area contributed by atoms with Crippen molar-refractivity contribution in [1.29, 1.82) is 0 Å². The summed E-state index contributed by atoms with van der Waals surface area (Å²) in [6.07, 6.45) is 1.36. The van der Waals surface area contributed by atoms with Crippen molar-refractivity contribution < 1.29 is 14.0 Å². The number of carbonyl (C=O) groups is 2. The number of aromatic amines is 1. The van der Waals surface area contributed by atoms with Gasteiger partial charge in [0.2, 0.25) is 5.91 Å². The van der Waals surface area contributed by atoms with Gasteiger partial charge in [-0.3, -0.25) is 14.7 Å². The van der Waals surface area contributed by atoms with Gasteiger partial charge in [0.1, 0.15) is 11.9 Å². The van der Waals surface area contributed by atoms with E-state index in [4.69, 9.17) is 0 Å². The minimum Gasteiger partial charge on any atom is -0.347 e. The fourth-order valence-electron chi connectivity index (χ4n) is 2.72. The number of nitrogens with zero attached hydrogens (tertiary/aromatic N) is 2. The quantitative estimate of drug-likeness (QED) is 0.729. The predicted molar refractivity (Wildman–Crippen MR) is 99.3 cm³/mol. The van der Waals surface area contributed by atoms with Crippen LogP contribution in [-0.2, 0) is 4.79 Å². The normalized spacial score (nSPS) is 11.7. The first-order valence-corrected chi connectivity index (χ1v) is 8.33. The summed E-state index contributed by atoms with van der Waals surface area (Å²) in [6.45, 7) is 0. The number of rotatable bonds is 5. The minimum absolute atomic E-state index is 0.230. The fraction of sp³-hybridized carbons (Fsp3) is 0.150. The lowest BCUT2D eigenvalue weighted by Crippen LogP contribution is -2.39. The molecule has 0 saturated heterocycles. The largest absolute Gasteiger partial charge is 0.347 e. The van der Waals surface area contributed by atoms with Crippen molar-refractivity contribution in [1.82, 2.24) is 20.4 Å². The van der Waals surface area contributed by atoms with Crippen molar-refractivity contribution in [3.05, 3.63) is 77.7 Å². The summed E-state index contributed by atoms with van der Waals surface area (Å²) in [6, 6.07) is 14.0. The molecule has 0 aliphatic carbocycles. The lowest BCUT2D eigenvalue weighted by atomic mass is 10.0. The van der Waals surface area contributed by atoms with E-state index in [9.17, 15) is 14.0 Å². The topological polar surface area (TPSA) is 78.1 Å². The molecule has 6 nitrogen and oxygen atoms in total. The molecule has 0 bridgehead atoms. The summed E-state index contributed by atoms with van der Waals surface area (Å²) in [4.78, 5) is 26.9. The molecule has 0 saturated carbocycles. The first kappa shape index (κ1) is 18.3. The van der Waals surface area contributed by atoms with E-state index < -0.39 is 17.8 Å². The molecule has 3 aromatic rings. The second-order valence-corrected chi connectivity index (χ2v) is 6.22. The summed E-state index contributed by atoms with van der Waals surface area (Å²) in [5.74, 6) is -1.16. The van der Waals surface area contributed by atoms with E-state index in [1.165, 1.54) is 23.2 Å². The van der Waals surface area contributed by atoms with E-state index in [1.54, 1.807) is 50.5 Å². The van der Waals surface area contributed by atoms with Crippen molar-refractivity contribution >= 4 is 11.8 Å². The van der Waals surface area contributed by atoms with E-state index in [-0.39, 0.29) is 11.5 Å². The number of amides is 2. The maximum atomic E-state index is 13.5. The number of likely N-dealkylation sites (N-methyl/N-ethyl adjacent to an activating group) is 1. The third-order valence-electron chi connectivity index (χ3n) is 4.09. The Kier molecular flexibility index (Phi) is 5.30. The first-order valence-electron chi connectivity index (χ1n) is 8.33. The monoisotopic (exact) mass is 366 g/mol. The third-order valence-corrected chi connectivity index (χ3v) is 4.09. The number of benzene rings is 2. The highest BCUT2D eigenvalue weighted by molar-refractivity contribution is 6.02. The lowest BCUT2D eigenvalue weighted by molar-refractivity contribution is -0.130. The van der Waals surface area contributed by atoms with E-state index in [1.807, 2.05) is 6.07 Å². The van der Waals surface area contributed by atoms with E-state index >= 15 is 0 Å². The van der Waals surface area contributed by atoms with Crippen LogP contribution in [0.15, 0.2) is 60.8 Å². The van der Waals surface area contributed by atoms with Gasteiger partial charge < -0.3 is 10.2 Å². The molecule has 2 amide bonds. The molecule has 7 heteroatoms. The number of nitrogens with one attached hydrogen (secondary N) is 2. The smallest absolute Gasteiger partial charge is 0.256 e. The predicted octanol–water partition coefficient (Wildman–Crippen LogP) is 2.78. The van der Waals surface area contributed by atoms with Gasteiger partial charge in [0, 0.05) is 19.7 Å². The van der Waals surface area contributed by atoms with Crippen molar-refractivity contribution in [3.63, 3.8) is 0 Å². The molecular weight excluding hydrogens is 347 g/mol. The van der Waals surface area contributed by atoms with Gasteiger partial charge in [-0.1, -0.05) is 42.5 Å². The molecule has 27 heavy (non-hydrogen) atoms. The fourth-order valence-corrected chi connectivity index (χ4v) is 2.72. The molecule has 0 spiro atoms. The number of H-pyrrole nitrogens is 1. The number of halogens is 1. The van der Waals surface area contributed by atoms with Crippen molar-refractivity contribution in [3.8, 4) is 11.3 Å². The zero-order chi connectivity index (χ0) is 19.4. The Balaban J connectivity index is 1.92. The number of aromatic nitrogens is 2. The standard InChI is InChI=1S/C20H19FN4O2/c1-25(2)20(27)18(13-7-4-3-5-8-13)23-19(26)16-12-22-24-17(16)14-9-6-10-15(21)11-14/h3-12,18H,1-2H3,(H,22,24)(H,23,26)/t18-/m0/s1. The third kappa shape index (κ3) is 4.03. The second-order valence-electron chi connectivity index (χ2n) is 6.22. The van der Waals surface area contributed by atoms with Crippen LogP contribution in [-0.4, -0.2) is 41.0 Å². The Morgan fingerprint density at radius 1 is 1.11 bits per heavy atom. The Morgan fingerprint density at radius 2 is 1.85 bits per heavy atom. The molecule has 1 atom stereocenters. The Labute approximate surface area is 156 Å². The Hall–Kier alpha value is -3.48. The van der Waals surface area contributed by atoms with Crippen molar-refractivity contribution in [2.75, 3.05) is 14.1 Å². The van der Waals surface area contributed by atoms with Crippen LogP contribution in [0.25, 0.3) is 11.3 Å². The molecule has 0 radical (unpaired) electrons. The van der Waals surface area contributed by atoms with Crippen molar-refractivity contribution in [2.24, 2.45) is 0 Å². The molecule has 138 valence electrons. The SMILES string of the molecule is CN(C)C(=O)[C@@H](NC(=O)c1cn[nH]c1-c1cccc(F)c1)c1ccccc1. The highest BCUT2D eigenvalue weighted by Crippen LogP contribution is 2.23. The average Bonchev–Trinajstić information content (AvgIpc) is 3.16. The molecule has 2 N–H and O–H groups in total. The molecule has 0 aliphatic heterocycles. The Bertz CT molecular complexity index is 953. The van der Waals surface area contributed by atoms with E-state index in [0.29, 0.717) is 16.8 Å². The molecule has 1 aromatic heterocycles. The molecule has 0 unspecified atom stereocenters. The van der Waals surface area contributed by atoms with Crippen molar-refractivity contribution in [2.45, 2.75) is 6.04 Å². The van der Waals surface area contributed by atoms with Crippen LogP contribution in [0.2, 0.25) is 0 Å². The maximum absolute atomic E-state index is 13.5.